The number of carbonyl (C=O) groups excluding carboxylic acids is 1. The Morgan fingerprint density at radius 1 is 1.25 bits per heavy atom. The second-order valence-electron chi connectivity index (χ2n) is 5.39. The van der Waals surface area contributed by atoms with Crippen LogP contribution in [0.2, 0.25) is 0 Å². The third kappa shape index (κ3) is 7.57. The number of benzene rings is 1. The fraction of sp³-hybridized carbons (Fsp3) is 0.389. The molecule has 0 saturated carbocycles. The standard InChI is InChI=1S/C18H24O2/c1-15(2)9-7-8-10-16(3)14-20-18(19)13-17-11-5-4-6-12-17/h4-6,8,10-12,14-15H,7,9,13H2,1-3H3/b10-8+,16-14+. The maximum absolute atomic E-state index is 11.6. The molecule has 2 nitrogen and oxygen atoms in total. The van der Waals surface area contributed by atoms with Gasteiger partial charge in [0.15, 0.2) is 0 Å². The van der Waals surface area contributed by atoms with E-state index in [4.69, 9.17) is 4.74 Å². The lowest BCUT2D eigenvalue weighted by atomic mass is 10.1. The molecule has 0 aliphatic heterocycles. The van der Waals surface area contributed by atoms with Gasteiger partial charge in [0, 0.05) is 0 Å². The molecule has 2 heteroatoms. The molecule has 0 aromatic heterocycles. The molecule has 0 amide bonds. The van der Waals surface area contributed by atoms with Gasteiger partial charge in [0.25, 0.3) is 0 Å². The van der Waals surface area contributed by atoms with Gasteiger partial charge in [-0.1, -0.05) is 56.3 Å². The average molecular weight is 272 g/mol. The van der Waals surface area contributed by atoms with Crippen LogP contribution in [0.25, 0.3) is 0 Å². The summed E-state index contributed by atoms with van der Waals surface area (Å²) in [5.74, 6) is 0.485. The molecule has 0 spiro atoms. The number of esters is 1. The molecular formula is C18H24O2. The first-order chi connectivity index (χ1) is 9.58. The Morgan fingerprint density at radius 3 is 2.60 bits per heavy atom. The van der Waals surface area contributed by atoms with E-state index in [9.17, 15) is 4.79 Å². The van der Waals surface area contributed by atoms with E-state index in [2.05, 4.69) is 19.9 Å². The number of ether oxygens (including phenoxy) is 1. The van der Waals surface area contributed by atoms with Gasteiger partial charge in [-0.05, 0) is 36.8 Å². The molecule has 1 aromatic carbocycles. The first-order valence-electron chi connectivity index (χ1n) is 7.14. The minimum absolute atomic E-state index is 0.230. The van der Waals surface area contributed by atoms with Crippen LogP contribution in [0, 0.1) is 5.92 Å². The van der Waals surface area contributed by atoms with E-state index < -0.39 is 0 Å². The Bertz CT molecular complexity index is 456. The highest BCUT2D eigenvalue weighted by molar-refractivity contribution is 5.73. The number of rotatable bonds is 7. The smallest absolute Gasteiger partial charge is 0.315 e. The maximum atomic E-state index is 11.6. The maximum Gasteiger partial charge on any atom is 0.315 e. The highest BCUT2D eigenvalue weighted by atomic mass is 16.5. The molecule has 20 heavy (non-hydrogen) atoms. The van der Waals surface area contributed by atoms with E-state index in [0.717, 1.165) is 17.6 Å². The SMILES string of the molecule is CC(/C=C/CCC(C)C)=C\OC(=O)Cc1ccccc1. The van der Waals surface area contributed by atoms with Crippen molar-refractivity contribution in [2.75, 3.05) is 0 Å². The summed E-state index contributed by atoms with van der Waals surface area (Å²) in [7, 11) is 0. The van der Waals surface area contributed by atoms with E-state index in [1.807, 2.05) is 43.3 Å². The zero-order chi connectivity index (χ0) is 14.8. The lowest BCUT2D eigenvalue weighted by Crippen LogP contribution is -2.04. The van der Waals surface area contributed by atoms with Crippen molar-refractivity contribution in [2.45, 2.75) is 40.0 Å². The zero-order valence-electron chi connectivity index (χ0n) is 12.6. The van der Waals surface area contributed by atoms with Crippen molar-refractivity contribution in [3.63, 3.8) is 0 Å². The van der Waals surface area contributed by atoms with E-state index in [1.165, 1.54) is 12.7 Å². The molecule has 0 aliphatic rings. The quantitative estimate of drug-likeness (QED) is 0.409. The first-order valence-corrected chi connectivity index (χ1v) is 7.14. The molecule has 0 radical (unpaired) electrons. The largest absolute Gasteiger partial charge is 0.434 e. The van der Waals surface area contributed by atoms with Crippen molar-refractivity contribution >= 4 is 5.97 Å². The highest BCUT2D eigenvalue weighted by Gasteiger charge is 2.02. The van der Waals surface area contributed by atoms with Crippen LogP contribution in [-0.4, -0.2) is 5.97 Å². The van der Waals surface area contributed by atoms with Crippen molar-refractivity contribution < 1.29 is 9.53 Å². The van der Waals surface area contributed by atoms with Crippen molar-refractivity contribution in [3.8, 4) is 0 Å². The van der Waals surface area contributed by atoms with Crippen LogP contribution in [0.4, 0.5) is 0 Å². The Hall–Kier alpha value is -1.83. The van der Waals surface area contributed by atoms with Gasteiger partial charge >= 0.3 is 5.97 Å². The molecular weight excluding hydrogens is 248 g/mol. The van der Waals surface area contributed by atoms with Gasteiger partial charge in [-0.2, -0.15) is 0 Å². The summed E-state index contributed by atoms with van der Waals surface area (Å²) in [6.45, 7) is 6.35. The van der Waals surface area contributed by atoms with Crippen molar-refractivity contribution in [2.24, 2.45) is 5.92 Å². The van der Waals surface area contributed by atoms with E-state index in [0.29, 0.717) is 12.3 Å². The van der Waals surface area contributed by atoms with Gasteiger partial charge in [0.05, 0.1) is 12.7 Å². The van der Waals surface area contributed by atoms with Crippen molar-refractivity contribution in [1.29, 1.82) is 0 Å². The fourth-order valence-corrected chi connectivity index (χ4v) is 1.70. The first kappa shape index (κ1) is 16.2. The third-order valence-corrected chi connectivity index (χ3v) is 2.86. The van der Waals surface area contributed by atoms with Crippen LogP contribution >= 0.6 is 0 Å². The predicted molar refractivity (Wildman–Crippen MR) is 83.2 cm³/mol. The average Bonchev–Trinajstić information content (AvgIpc) is 2.42. The van der Waals surface area contributed by atoms with E-state index >= 15 is 0 Å². The highest BCUT2D eigenvalue weighted by Crippen LogP contribution is 2.06. The molecule has 0 unspecified atom stereocenters. The van der Waals surface area contributed by atoms with Crippen LogP contribution in [0.3, 0.4) is 0 Å². The van der Waals surface area contributed by atoms with Gasteiger partial charge in [0.2, 0.25) is 0 Å². The molecule has 0 atom stereocenters. The van der Waals surface area contributed by atoms with E-state index in [1.54, 1.807) is 0 Å². The van der Waals surface area contributed by atoms with Crippen LogP contribution in [0.5, 0.6) is 0 Å². The number of allylic oxidation sites excluding steroid dienone is 3. The summed E-state index contributed by atoms with van der Waals surface area (Å²) >= 11 is 0. The monoisotopic (exact) mass is 272 g/mol. The predicted octanol–water partition coefficient (Wildman–Crippen LogP) is 4.67. The summed E-state index contributed by atoms with van der Waals surface area (Å²) in [4.78, 5) is 11.6. The molecule has 108 valence electrons. The van der Waals surface area contributed by atoms with Crippen LogP contribution < -0.4 is 0 Å². The Labute approximate surface area is 122 Å². The number of carbonyl (C=O) groups is 1. The Morgan fingerprint density at radius 2 is 1.95 bits per heavy atom. The summed E-state index contributed by atoms with van der Waals surface area (Å²) in [5.41, 5.74) is 1.92. The van der Waals surface area contributed by atoms with Crippen LogP contribution in [0.15, 0.2) is 54.3 Å². The summed E-state index contributed by atoms with van der Waals surface area (Å²) in [5, 5.41) is 0. The van der Waals surface area contributed by atoms with Gasteiger partial charge in [0.1, 0.15) is 0 Å². The lowest BCUT2D eigenvalue weighted by molar-refractivity contribution is -0.137. The number of hydrogen-bond acceptors (Lipinski definition) is 2. The fourth-order valence-electron chi connectivity index (χ4n) is 1.70. The molecule has 0 heterocycles. The molecule has 0 fully saturated rings. The summed E-state index contributed by atoms with van der Waals surface area (Å²) < 4.78 is 5.13. The van der Waals surface area contributed by atoms with Crippen LogP contribution in [-0.2, 0) is 16.0 Å². The van der Waals surface area contributed by atoms with Crippen molar-refractivity contribution in [3.05, 3.63) is 59.9 Å². The van der Waals surface area contributed by atoms with Gasteiger partial charge in [-0.25, -0.2) is 0 Å². The molecule has 0 aliphatic carbocycles. The molecule has 0 bridgehead atoms. The van der Waals surface area contributed by atoms with Gasteiger partial charge in [-0.3, -0.25) is 4.79 Å². The van der Waals surface area contributed by atoms with Gasteiger partial charge in [-0.15, -0.1) is 0 Å². The minimum atomic E-state index is -0.230. The van der Waals surface area contributed by atoms with E-state index in [-0.39, 0.29) is 5.97 Å². The molecule has 1 rings (SSSR count). The second kappa shape index (κ2) is 9.13. The summed E-state index contributed by atoms with van der Waals surface area (Å²) in [6, 6.07) is 9.61. The zero-order valence-corrected chi connectivity index (χ0v) is 12.6. The lowest BCUT2D eigenvalue weighted by Gasteiger charge is -2.01. The van der Waals surface area contributed by atoms with Crippen molar-refractivity contribution in [1.82, 2.24) is 0 Å². The molecule has 0 N–H and O–H groups in total. The molecule has 1 aromatic rings. The third-order valence-electron chi connectivity index (χ3n) is 2.86. The summed E-state index contributed by atoms with van der Waals surface area (Å²) in [6.07, 6.45) is 8.19. The molecule has 0 saturated heterocycles. The van der Waals surface area contributed by atoms with Gasteiger partial charge < -0.3 is 4.74 Å². The normalized spacial score (nSPS) is 12.1. The van der Waals surface area contributed by atoms with Crippen LogP contribution in [0.1, 0.15) is 39.2 Å². The number of hydrogen-bond donors (Lipinski definition) is 0. The Balaban J connectivity index is 2.33. The minimum Gasteiger partial charge on any atom is -0.434 e. The Kier molecular flexibility index (Phi) is 7.41. The topological polar surface area (TPSA) is 26.3 Å². The second-order valence-corrected chi connectivity index (χ2v) is 5.39.